The Bertz CT molecular complexity index is 514. The van der Waals surface area contributed by atoms with Gasteiger partial charge in [-0.1, -0.05) is 15.9 Å². The lowest BCUT2D eigenvalue weighted by molar-refractivity contribution is -0.124. The molecule has 0 bridgehead atoms. The van der Waals surface area contributed by atoms with Crippen molar-refractivity contribution in [3.05, 3.63) is 28.7 Å². The zero-order valence-corrected chi connectivity index (χ0v) is 16.4. The smallest absolute Gasteiger partial charge is 0.238 e. The fraction of sp³-hybridized carbons (Fsp3) is 0.500. The van der Waals surface area contributed by atoms with Crippen molar-refractivity contribution in [2.45, 2.75) is 19.3 Å². The Hall–Kier alpha value is -1.38. The minimum Gasteiger partial charge on any atom is -0.494 e. The third-order valence-electron chi connectivity index (χ3n) is 3.03. The van der Waals surface area contributed by atoms with Crippen LogP contribution in [0.2, 0.25) is 0 Å². The molecule has 1 rings (SSSR count). The van der Waals surface area contributed by atoms with E-state index in [9.17, 15) is 4.79 Å². The highest BCUT2D eigenvalue weighted by molar-refractivity contribution is 9.10. The van der Waals surface area contributed by atoms with Gasteiger partial charge in [-0.05, 0) is 49.3 Å². The predicted molar refractivity (Wildman–Crippen MR) is 102 cm³/mol. The molecule has 6 nitrogen and oxygen atoms in total. The summed E-state index contributed by atoms with van der Waals surface area (Å²) in [6.45, 7) is 1.86. The summed E-state index contributed by atoms with van der Waals surface area (Å²) in [6.07, 6.45) is 1.85. The molecule has 1 aromatic carbocycles. The van der Waals surface area contributed by atoms with Crippen LogP contribution in [-0.4, -0.2) is 49.9 Å². The number of thiocarbonyl (C=S) groups is 1. The van der Waals surface area contributed by atoms with Crippen LogP contribution in [0.4, 0.5) is 0 Å². The molecule has 0 saturated heterocycles. The fourth-order valence-electron chi connectivity index (χ4n) is 1.78. The van der Waals surface area contributed by atoms with Crippen molar-refractivity contribution >= 4 is 39.2 Å². The van der Waals surface area contributed by atoms with Crippen LogP contribution in [0.3, 0.4) is 0 Å². The second-order valence-electron chi connectivity index (χ2n) is 5.08. The van der Waals surface area contributed by atoms with Crippen molar-refractivity contribution in [3.8, 4) is 5.75 Å². The molecule has 8 heteroatoms. The first kappa shape index (κ1) is 20.7. The highest BCUT2D eigenvalue weighted by Gasteiger charge is 2.08. The zero-order valence-electron chi connectivity index (χ0n) is 14.0. The van der Waals surface area contributed by atoms with Crippen LogP contribution < -0.4 is 15.5 Å². The van der Waals surface area contributed by atoms with Crippen LogP contribution in [0.25, 0.3) is 0 Å². The van der Waals surface area contributed by atoms with Gasteiger partial charge in [0, 0.05) is 38.2 Å². The van der Waals surface area contributed by atoms with E-state index in [1.54, 1.807) is 14.2 Å². The van der Waals surface area contributed by atoms with Crippen LogP contribution in [0.1, 0.15) is 19.3 Å². The van der Waals surface area contributed by atoms with Crippen molar-refractivity contribution in [1.29, 1.82) is 0 Å². The predicted octanol–water partition coefficient (Wildman–Crippen LogP) is 2.48. The van der Waals surface area contributed by atoms with E-state index in [4.69, 9.17) is 21.7 Å². The van der Waals surface area contributed by atoms with E-state index in [1.807, 2.05) is 24.3 Å². The maximum atomic E-state index is 11.9. The number of ether oxygens (including phenoxy) is 2. The van der Waals surface area contributed by atoms with Crippen LogP contribution in [0.15, 0.2) is 28.7 Å². The molecule has 0 saturated carbocycles. The summed E-state index contributed by atoms with van der Waals surface area (Å²) in [7, 11) is 3.37. The summed E-state index contributed by atoms with van der Waals surface area (Å²) in [4.78, 5) is 11.9. The molecule has 0 spiro atoms. The van der Waals surface area contributed by atoms with Crippen molar-refractivity contribution in [2.75, 3.05) is 33.9 Å². The topological polar surface area (TPSA) is 62.8 Å². The Morgan fingerprint density at radius 2 is 1.96 bits per heavy atom. The molecule has 0 heterocycles. The molecule has 0 fully saturated rings. The number of hydrogen-bond donors (Lipinski definition) is 2. The van der Waals surface area contributed by atoms with Crippen molar-refractivity contribution in [2.24, 2.45) is 0 Å². The summed E-state index contributed by atoms with van der Waals surface area (Å²) in [6, 6.07) is 7.59. The van der Waals surface area contributed by atoms with Gasteiger partial charge in [0.2, 0.25) is 5.91 Å². The summed E-state index contributed by atoms with van der Waals surface area (Å²) in [5.74, 6) is 0.690. The van der Waals surface area contributed by atoms with Gasteiger partial charge in [-0.2, -0.15) is 0 Å². The molecule has 134 valence electrons. The number of carbonyl (C=O) groups is 1. The van der Waals surface area contributed by atoms with Gasteiger partial charge in [-0.25, -0.2) is 0 Å². The van der Waals surface area contributed by atoms with Gasteiger partial charge in [0.1, 0.15) is 5.75 Å². The van der Waals surface area contributed by atoms with Gasteiger partial charge < -0.3 is 14.8 Å². The lowest BCUT2D eigenvalue weighted by Crippen LogP contribution is -2.48. The number of halogens is 1. The SMILES string of the molecule is COCCCNC(=S)N(C)NC(=O)CCCOc1ccc(Br)cc1. The number of nitrogens with zero attached hydrogens (tertiary/aromatic N) is 1. The highest BCUT2D eigenvalue weighted by Crippen LogP contribution is 2.16. The summed E-state index contributed by atoms with van der Waals surface area (Å²) in [5, 5.41) is 5.04. The molecule has 0 unspecified atom stereocenters. The monoisotopic (exact) mass is 417 g/mol. The molecular weight excluding hydrogens is 394 g/mol. The Morgan fingerprint density at radius 1 is 1.25 bits per heavy atom. The molecule has 1 amide bonds. The number of amides is 1. The fourth-order valence-corrected chi connectivity index (χ4v) is 2.19. The van der Waals surface area contributed by atoms with Gasteiger partial charge in [-0.3, -0.25) is 15.2 Å². The molecule has 2 N–H and O–H groups in total. The maximum Gasteiger partial charge on any atom is 0.238 e. The molecular formula is C16H24BrN3O3S. The Morgan fingerprint density at radius 3 is 2.62 bits per heavy atom. The van der Waals surface area contributed by atoms with E-state index in [0.717, 1.165) is 16.6 Å². The third-order valence-corrected chi connectivity index (χ3v) is 3.98. The summed E-state index contributed by atoms with van der Waals surface area (Å²) in [5.41, 5.74) is 2.72. The minimum atomic E-state index is -0.0991. The minimum absolute atomic E-state index is 0.0991. The van der Waals surface area contributed by atoms with Crippen LogP contribution in [0, 0.1) is 0 Å². The van der Waals surface area contributed by atoms with E-state index < -0.39 is 0 Å². The Kier molecular flexibility index (Phi) is 10.4. The number of benzene rings is 1. The van der Waals surface area contributed by atoms with E-state index >= 15 is 0 Å². The van der Waals surface area contributed by atoms with E-state index in [0.29, 0.717) is 37.7 Å². The molecule has 0 aliphatic carbocycles. The molecule has 0 aliphatic heterocycles. The van der Waals surface area contributed by atoms with Gasteiger partial charge in [0.15, 0.2) is 5.11 Å². The molecule has 0 aliphatic rings. The van der Waals surface area contributed by atoms with Gasteiger partial charge in [-0.15, -0.1) is 0 Å². The molecule has 0 atom stereocenters. The number of nitrogens with one attached hydrogen (secondary N) is 2. The van der Waals surface area contributed by atoms with Gasteiger partial charge >= 0.3 is 0 Å². The van der Waals surface area contributed by atoms with Crippen molar-refractivity contribution in [3.63, 3.8) is 0 Å². The quantitative estimate of drug-likeness (QED) is 0.365. The number of methoxy groups -OCH3 is 1. The van der Waals surface area contributed by atoms with Crippen LogP contribution >= 0.6 is 28.1 Å². The zero-order chi connectivity index (χ0) is 17.8. The average Bonchev–Trinajstić information content (AvgIpc) is 2.57. The molecule has 0 aromatic heterocycles. The lowest BCUT2D eigenvalue weighted by Gasteiger charge is -2.21. The average molecular weight is 418 g/mol. The van der Waals surface area contributed by atoms with E-state index in [2.05, 4.69) is 26.7 Å². The molecule has 1 aromatic rings. The highest BCUT2D eigenvalue weighted by atomic mass is 79.9. The molecule has 0 radical (unpaired) electrons. The normalized spacial score (nSPS) is 10.1. The Balaban J connectivity index is 2.13. The maximum absolute atomic E-state index is 11.9. The van der Waals surface area contributed by atoms with Crippen LogP contribution in [-0.2, 0) is 9.53 Å². The van der Waals surface area contributed by atoms with Gasteiger partial charge in [0.25, 0.3) is 0 Å². The second-order valence-corrected chi connectivity index (χ2v) is 6.38. The number of carbonyl (C=O) groups excluding carboxylic acids is 1. The Labute approximate surface area is 157 Å². The number of rotatable bonds is 9. The summed E-state index contributed by atoms with van der Waals surface area (Å²) >= 11 is 8.55. The lowest BCUT2D eigenvalue weighted by atomic mass is 10.3. The standard InChI is InChI=1S/C16H24BrN3O3S/c1-20(16(24)18-10-4-11-22-2)19-15(21)5-3-12-23-14-8-6-13(17)7-9-14/h6-9H,3-5,10-12H2,1-2H3,(H,18,24)(H,19,21). The molecule has 24 heavy (non-hydrogen) atoms. The first-order valence-electron chi connectivity index (χ1n) is 7.71. The van der Waals surface area contributed by atoms with Gasteiger partial charge in [0.05, 0.1) is 6.61 Å². The number of hydrogen-bond acceptors (Lipinski definition) is 4. The van der Waals surface area contributed by atoms with Crippen molar-refractivity contribution < 1.29 is 14.3 Å². The summed E-state index contributed by atoms with van der Waals surface area (Å²) < 4.78 is 11.5. The third kappa shape index (κ3) is 9.05. The number of hydrazine groups is 1. The van der Waals surface area contributed by atoms with Crippen molar-refractivity contribution in [1.82, 2.24) is 15.8 Å². The largest absolute Gasteiger partial charge is 0.494 e. The van der Waals surface area contributed by atoms with Crippen LogP contribution in [0.5, 0.6) is 5.75 Å². The first-order valence-corrected chi connectivity index (χ1v) is 8.91. The van der Waals surface area contributed by atoms with E-state index in [1.165, 1.54) is 5.01 Å². The van der Waals surface area contributed by atoms with E-state index in [-0.39, 0.29) is 5.91 Å². The second kappa shape index (κ2) is 12.0. The first-order chi connectivity index (χ1) is 11.5.